The van der Waals surface area contributed by atoms with Crippen LogP contribution in [0.4, 0.5) is 0 Å². The van der Waals surface area contributed by atoms with Crippen molar-refractivity contribution < 1.29 is 28.6 Å². The highest BCUT2D eigenvalue weighted by molar-refractivity contribution is 5.98. The zero-order valence-electron chi connectivity index (χ0n) is 10.4. The minimum Gasteiger partial charge on any atom is -0.466 e. The second kappa shape index (κ2) is 8.55. The summed E-state index contributed by atoms with van der Waals surface area (Å²) >= 11 is 0. The molecule has 0 aromatic rings. The first-order valence-electron chi connectivity index (χ1n) is 5.55. The zero-order chi connectivity index (χ0) is 13.3. The van der Waals surface area contributed by atoms with Crippen LogP contribution in [0.15, 0.2) is 0 Å². The molecule has 0 aromatic heterocycles. The molecule has 0 bridgehead atoms. The van der Waals surface area contributed by atoms with Crippen LogP contribution in [-0.2, 0) is 28.6 Å². The average Bonchev–Trinajstić information content (AvgIpc) is 2.26. The normalized spacial score (nSPS) is 9.88. The Morgan fingerprint density at radius 3 is 1.59 bits per heavy atom. The highest BCUT2D eigenvalue weighted by atomic mass is 16.6. The fourth-order valence-electron chi connectivity index (χ4n) is 1.14. The lowest BCUT2D eigenvalue weighted by Gasteiger charge is -2.13. The van der Waals surface area contributed by atoms with Crippen LogP contribution in [0.3, 0.4) is 0 Å². The summed E-state index contributed by atoms with van der Waals surface area (Å²) in [4.78, 5) is 34.2. The highest BCUT2D eigenvalue weighted by Gasteiger charge is 2.32. The molecule has 0 saturated carbocycles. The standard InChI is InChI=1S/C11H18O6/c1-4-15-9(12)7-8(10(13)16-5-2)11(14)17-6-3/h8H,4-7H2,1-3H3/i7+1. The largest absolute Gasteiger partial charge is 0.466 e. The third kappa shape index (κ3) is 5.89. The van der Waals surface area contributed by atoms with Gasteiger partial charge in [-0.15, -0.1) is 0 Å². The minimum absolute atomic E-state index is 0.136. The maximum atomic E-state index is 11.5. The molecular weight excluding hydrogens is 229 g/mol. The lowest BCUT2D eigenvalue weighted by molar-refractivity contribution is -0.166. The van der Waals surface area contributed by atoms with Gasteiger partial charge in [-0.05, 0) is 20.8 Å². The van der Waals surface area contributed by atoms with E-state index in [1.165, 1.54) is 0 Å². The molecule has 0 aliphatic carbocycles. The maximum Gasteiger partial charge on any atom is 0.320 e. The molecule has 0 unspecified atom stereocenters. The van der Waals surface area contributed by atoms with E-state index in [1.54, 1.807) is 20.8 Å². The predicted octanol–water partition coefficient (Wildman–Crippen LogP) is 0.682. The van der Waals surface area contributed by atoms with Gasteiger partial charge in [0, 0.05) is 0 Å². The molecule has 0 fully saturated rings. The Balaban J connectivity index is 4.55. The summed E-state index contributed by atoms with van der Waals surface area (Å²) in [7, 11) is 0. The van der Waals surface area contributed by atoms with Crippen LogP contribution < -0.4 is 0 Å². The van der Waals surface area contributed by atoms with Gasteiger partial charge < -0.3 is 14.2 Å². The summed E-state index contributed by atoms with van der Waals surface area (Å²) < 4.78 is 14.1. The van der Waals surface area contributed by atoms with Gasteiger partial charge in [0.1, 0.15) is 0 Å². The predicted molar refractivity (Wildman–Crippen MR) is 58.0 cm³/mol. The number of hydrogen-bond acceptors (Lipinski definition) is 6. The number of esters is 3. The Morgan fingerprint density at radius 2 is 1.24 bits per heavy atom. The van der Waals surface area contributed by atoms with Gasteiger partial charge >= 0.3 is 17.9 Å². The fraction of sp³-hybridized carbons (Fsp3) is 0.727. The first-order chi connectivity index (χ1) is 8.06. The van der Waals surface area contributed by atoms with Gasteiger partial charge in [0.2, 0.25) is 0 Å². The molecule has 0 aliphatic rings. The van der Waals surface area contributed by atoms with E-state index < -0.39 is 23.8 Å². The molecule has 98 valence electrons. The van der Waals surface area contributed by atoms with Crippen LogP contribution in [0.1, 0.15) is 27.2 Å². The summed E-state index contributed by atoms with van der Waals surface area (Å²) in [6.45, 7) is 5.34. The number of hydrogen-bond donors (Lipinski definition) is 0. The molecule has 0 saturated heterocycles. The third-order valence-corrected chi connectivity index (χ3v) is 1.82. The summed E-state index contributed by atoms with van der Waals surface area (Å²) in [5, 5.41) is 0. The monoisotopic (exact) mass is 247 g/mol. The van der Waals surface area contributed by atoms with Gasteiger partial charge in [0.05, 0.1) is 26.2 Å². The molecule has 0 heterocycles. The Morgan fingerprint density at radius 1 is 0.824 bits per heavy atom. The van der Waals surface area contributed by atoms with Gasteiger partial charge in [0.15, 0.2) is 5.92 Å². The van der Waals surface area contributed by atoms with E-state index in [1.807, 2.05) is 0 Å². The lowest BCUT2D eigenvalue weighted by Crippen LogP contribution is -2.30. The van der Waals surface area contributed by atoms with E-state index in [2.05, 4.69) is 4.74 Å². The van der Waals surface area contributed by atoms with Crippen LogP contribution in [-0.4, -0.2) is 37.7 Å². The number of ether oxygens (including phenoxy) is 3. The van der Waals surface area contributed by atoms with Gasteiger partial charge in [-0.2, -0.15) is 0 Å². The molecule has 17 heavy (non-hydrogen) atoms. The molecule has 6 nitrogen and oxygen atoms in total. The molecule has 0 spiro atoms. The van der Waals surface area contributed by atoms with E-state index >= 15 is 0 Å². The summed E-state index contributed by atoms with van der Waals surface area (Å²) in [6.07, 6.45) is -0.356. The first-order valence-corrected chi connectivity index (χ1v) is 5.55. The Kier molecular flexibility index (Phi) is 7.75. The Hall–Kier alpha value is -1.59. The first kappa shape index (κ1) is 15.4. The van der Waals surface area contributed by atoms with Crippen molar-refractivity contribution >= 4 is 17.9 Å². The zero-order valence-corrected chi connectivity index (χ0v) is 10.4. The summed E-state index contributed by atoms with van der Waals surface area (Å²) in [6, 6.07) is 0. The quantitative estimate of drug-likeness (QED) is 0.285. The topological polar surface area (TPSA) is 78.9 Å². The van der Waals surface area contributed by atoms with Crippen molar-refractivity contribution in [2.75, 3.05) is 19.8 Å². The van der Waals surface area contributed by atoms with Crippen molar-refractivity contribution in [2.45, 2.75) is 27.2 Å². The molecule has 0 amide bonds. The van der Waals surface area contributed by atoms with E-state index in [4.69, 9.17) is 9.47 Å². The van der Waals surface area contributed by atoms with Crippen molar-refractivity contribution in [3.63, 3.8) is 0 Å². The van der Waals surface area contributed by atoms with Crippen molar-refractivity contribution in [2.24, 2.45) is 5.92 Å². The van der Waals surface area contributed by atoms with Crippen LogP contribution in [0.5, 0.6) is 0 Å². The summed E-state index contributed by atoms with van der Waals surface area (Å²) in [5.41, 5.74) is 0. The third-order valence-electron chi connectivity index (χ3n) is 1.82. The Bertz CT molecular complexity index is 255. The van der Waals surface area contributed by atoms with Gasteiger partial charge in [-0.25, -0.2) is 0 Å². The summed E-state index contributed by atoms with van der Waals surface area (Å²) in [5.74, 6) is -3.40. The van der Waals surface area contributed by atoms with Crippen molar-refractivity contribution in [1.82, 2.24) is 0 Å². The smallest absolute Gasteiger partial charge is 0.320 e. The minimum atomic E-state index is -1.24. The van der Waals surface area contributed by atoms with Gasteiger partial charge in [-0.1, -0.05) is 0 Å². The molecule has 0 aliphatic heterocycles. The van der Waals surface area contributed by atoms with Gasteiger partial charge in [-0.3, -0.25) is 14.4 Å². The van der Waals surface area contributed by atoms with Crippen LogP contribution in [0, 0.1) is 5.92 Å². The SMILES string of the molecule is CCOC(=O)[13CH2]C(C(=O)OCC)C(=O)OCC. The van der Waals surface area contributed by atoms with Crippen LogP contribution in [0.2, 0.25) is 0 Å². The molecule has 0 radical (unpaired) electrons. The Labute approximate surface area is 100 Å². The van der Waals surface area contributed by atoms with Crippen molar-refractivity contribution in [1.29, 1.82) is 0 Å². The fourth-order valence-corrected chi connectivity index (χ4v) is 1.14. The van der Waals surface area contributed by atoms with Gasteiger partial charge in [0.25, 0.3) is 0 Å². The molecule has 0 rings (SSSR count). The molecule has 0 N–H and O–H groups in total. The number of rotatable bonds is 7. The average molecular weight is 247 g/mol. The van der Waals surface area contributed by atoms with Crippen LogP contribution in [0.25, 0.3) is 0 Å². The molecular formula is C11H18O6. The molecule has 0 aromatic carbocycles. The van der Waals surface area contributed by atoms with Crippen molar-refractivity contribution in [3.05, 3.63) is 0 Å². The second-order valence-electron chi connectivity index (χ2n) is 3.07. The van der Waals surface area contributed by atoms with Crippen molar-refractivity contribution in [3.8, 4) is 0 Å². The lowest BCUT2D eigenvalue weighted by atomic mass is 10.2. The van der Waals surface area contributed by atoms with E-state index in [9.17, 15) is 14.4 Å². The molecule has 0 atom stereocenters. The number of carbonyl (C=O) groups is 3. The van der Waals surface area contributed by atoms with E-state index in [0.717, 1.165) is 0 Å². The molecule has 6 heteroatoms. The van der Waals surface area contributed by atoms with E-state index in [0.29, 0.717) is 0 Å². The second-order valence-corrected chi connectivity index (χ2v) is 3.07. The number of carbonyl (C=O) groups excluding carboxylic acids is 3. The van der Waals surface area contributed by atoms with Crippen LogP contribution >= 0.6 is 0 Å². The van der Waals surface area contributed by atoms with E-state index in [-0.39, 0.29) is 26.2 Å². The maximum absolute atomic E-state index is 11.5. The highest BCUT2D eigenvalue weighted by Crippen LogP contribution is 2.10.